The van der Waals surface area contributed by atoms with Gasteiger partial charge in [0.2, 0.25) is 0 Å². The smallest absolute Gasteiger partial charge is 0.305 e. The molecule has 1 heterocycles. The molecular weight excluding hydrogens is 270 g/mol. The topological polar surface area (TPSA) is 80.3 Å². The predicted octanol–water partition coefficient (Wildman–Crippen LogP) is 1.98. The van der Waals surface area contributed by atoms with Crippen molar-refractivity contribution < 1.29 is 14.3 Å². The molecule has 21 heavy (non-hydrogen) atoms. The fraction of sp³-hybridized carbons (Fsp3) is 0.533. The number of carbonyl (C=O) groups excluding carboxylic acids is 2. The SMILES string of the molecule is CCNC(=O)c1cc(NCCCCCC(=O)OC)ccn1. The highest BCUT2D eigenvalue weighted by atomic mass is 16.5. The summed E-state index contributed by atoms with van der Waals surface area (Å²) >= 11 is 0. The van der Waals surface area contributed by atoms with Crippen molar-refractivity contribution in [2.45, 2.75) is 32.6 Å². The number of aromatic nitrogens is 1. The van der Waals surface area contributed by atoms with Gasteiger partial charge in [-0.25, -0.2) is 0 Å². The molecule has 1 amide bonds. The number of rotatable bonds is 9. The van der Waals surface area contributed by atoms with Gasteiger partial charge in [0.25, 0.3) is 5.91 Å². The maximum absolute atomic E-state index is 11.7. The largest absolute Gasteiger partial charge is 0.469 e. The molecule has 0 unspecified atom stereocenters. The van der Waals surface area contributed by atoms with Gasteiger partial charge in [-0.05, 0) is 31.9 Å². The molecule has 0 aliphatic heterocycles. The number of anilines is 1. The maximum atomic E-state index is 11.7. The van der Waals surface area contributed by atoms with Crippen LogP contribution in [-0.4, -0.2) is 37.1 Å². The second-order valence-corrected chi connectivity index (χ2v) is 4.60. The van der Waals surface area contributed by atoms with Gasteiger partial charge in [0.1, 0.15) is 5.69 Å². The Hall–Kier alpha value is -2.11. The summed E-state index contributed by atoms with van der Waals surface area (Å²) in [5, 5.41) is 5.96. The van der Waals surface area contributed by atoms with E-state index in [0.29, 0.717) is 18.7 Å². The van der Waals surface area contributed by atoms with Gasteiger partial charge in [0, 0.05) is 31.4 Å². The second kappa shape index (κ2) is 9.74. The van der Waals surface area contributed by atoms with E-state index in [0.717, 1.165) is 31.5 Å². The van der Waals surface area contributed by atoms with Crippen LogP contribution in [0.4, 0.5) is 5.69 Å². The Labute approximate surface area is 125 Å². The molecule has 1 rings (SSSR count). The molecule has 6 heteroatoms. The van der Waals surface area contributed by atoms with E-state index in [-0.39, 0.29) is 11.9 Å². The number of ether oxygens (including phenoxy) is 1. The molecule has 0 spiro atoms. The van der Waals surface area contributed by atoms with Crippen molar-refractivity contribution in [3.05, 3.63) is 24.0 Å². The summed E-state index contributed by atoms with van der Waals surface area (Å²) in [5.74, 6) is -0.331. The standard InChI is InChI=1S/C15H23N3O3/c1-3-16-15(20)13-11-12(8-10-18-13)17-9-6-4-5-7-14(19)21-2/h8,10-11H,3-7,9H2,1-2H3,(H,16,20)(H,17,18). The number of methoxy groups -OCH3 is 1. The zero-order valence-electron chi connectivity index (χ0n) is 12.6. The minimum absolute atomic E-state index is 0.163. The van der Waals surface area contributed by atoms with Gasteiger partial charge < -0.3 is 15.4 Å². The third-order valence-corrected chi connectivity index (χ3v) is 2.94. The van der Waals surface area contributed by atoms with Gasteiger partial charge in [-0.2, -0.15) is 0 Å². The van der Waals surface area contributed by atoms with Crippen molar-refractivity contribution >= 4 is 17.6 Å². The molecule has 0 aliphatic rings. The Morgan fingerprint density at radius 1 is 1.29 bits per heavy atom. The monoisotopic (exact) mass is 293 g/mol. The van der Waals surface area contributed by atoms with Crippen molar-refractivity contribution in [2.24, 2.45) is 0 Å². The number of pyridine rings is 1. The van der Waals surface area contributed by atoms with Gasteiger partial charge in [-0.3, -0.25) is 14.6 Å². The highest BCUT2D eigenvalue weighted by Crippen LogP contribution is 2.09. The lowest BCUT2D eigenvalue weighted by Crippen LogP contribution is -2.23. The quantitative estimate of drug-likeness (QED) is 0.537. The van der Waals surface area contributed by atoms with E-state index in [1.165, 1.54) is 7.11 Å². The van der Waals surface area contributed by atoms with E-state index in [1.54, 1.807) is 12.3 Å². The molecule has 1 aromatic rings. The summed E-state index contributed by atoms with van der Waals surface area (Å²) in [5.41, 5.74) is 1.28. The van der Waals surface area contributed by atoms with Gasteiger partial charge in [0.15, 0.2) is 0 Å². The Morgan fingerprint density at radius 3 is 2.81 bits per heavy atom. The molecular formula is C15H23N3O3. The molecule has 0 radical (unpaired) electrons. The Morgan fingerprint density at radius 2 is 2.10 bits per heavy atom. The minimum atomic E-state index is -0.167. The molecule has 0 bridgehead atoms. The van der Waals surface area contributed by atoms with Crippen LogP contribution in [-0.2, 0) is 9.53 Å². The van der Waals surface area contributed by atoms with Crippen molar-refractivity contribution in [3.63, 3.8) is 0 Å². The van der Waals surface area contributed by atoms with Crippen molar-refractivity contribution in [2.75, 3.05) is 25.5 Å². The average Bonchev–Trinajstić information content (AvgIpc) is 2.51. The van der Waals surface area contributed by atoms with Crippen molar-refractivity contribution in [1.29, 1.82) is 0 Å². The fourth-order valence-corrected chi connectivity index (χ4v) is 1.82. The molecule has 1 aromatic heterocycles. The van der Waals surface area contributed by atoms with Gasteiger partial charge >= 0.3 is 5.97 Å². The Kier molecular flexibility index (Phi) is 7.86. The summed E-state index contributed by atoms with van der Waals surface area (Å²) in [7, 11) is 1.40. The lowest BCUT2D eigenvalue weighted by molar-refractivity contribution is -0.140. The van der Waals surface area contributed by atoms with Crippen LogP contribution in [0.5, 0.6) is 0 Å². The van der Waals surface area contributed by atoms with Crippen LogP contribution in [0.25, 0.3) is 0 Å². The zero-order chi connectivity index (χ0) is 15.5. The molecule has 0 fully saturated rings. The lowest BCUT2D eigenvalue weighted by atomic mass is 10.2. The number of unbranched alkanes of at least 4 members (excludes halogenated alkanes) is 2. The molecule has 6 nitrogen and oxygen atoms in total. The summed E-state index contributed by atoms with van der Waals surface area (Å²) < 4.78 is 4.58. The number of nitrogens with zero attached hydrogens (tertiary/aromatic N) is 1. The van der Waals surface area contributed by atoms with Crippen LogP contribution in [0.3, 0.4) is 0 Å². The van der Waals surface area contributed by atoms with Crippen LogP contribution in [0, 0.1) is 0 Å². The number of hydrogen-bond donors (Lipinski definition) is 2. The molecule has 0 saturated heterocycles. The Bertz CT molecular complexity index is 463. The van der Waals surface area contributed by atoms with Crippen LogP contribution in [0.1, 0.15) is 43.1 Å². The minimum Gasteiger partial charge on any atom is -0.469 e. The number of amides is 1. The zero-order valence-corrected chi connectivity index (χ0v) is 12.6. The fourth-order valence-electron chi connectivity index (χ4n) is 1.82. The third-order valence-electron chi connectivity index (χ3n) is 2.94. The number of nitrogens with one attached hydrogen (secondary N) is 2. The van der Waals surface area contributed by atoms with E-state index >= 15 is 0 Å². The highest BCUT2D eigenvalue weighted by Gasteiger charge is 2.06. The summed E-state index contributed by atoms with van der Waals surface area (Å²) in [6, 6.07) is 3.57. The highest BCUT2D eigenvalue weighted by molar-refractivity contribution is 5.93. The lowest BCUT2D eigenvalue weighted by Gasteiger charge is -2.07. The summed E-state index contributed by atoms with van der Waals surface area (Å²) in [4.78, 5) is 26.6. The first-order valence-electron chi connectivity index (χ1n) is 7.22. The number of carbonyl (C=O) groups is 2. The van der Waals surface area contributed by atoms with Crippen LogP contribution < -0.4 is 10.6 Å². The van der Waals surface area contributed by atoms with E-state index in [9.17, 15) is 9.59 Å². The molecule has 0 aromatic carbocycles. The average molecular weight is 293 g/mol. The number of esters is 1. The summed E-state index contributed by atoms with van der Waals surface area (Å²) in [6.45, 7) is 3.24. The molecule has 116 valence electrons. The molecule has 2 N–H and O–H groups in total. The third kappa shape index (κ3) is 6.74. The molecule has 0 atom stereocenters. The van der Waals surface area contributed by atoms with Gasteiger partial charge in [-0.15, -0.1) is 0 Å². The molecule has 0 aliphatic carbocycles. The normalized spacial score (nSPS) is 10.0. The van der Waals surface area contributed by atoms with E-state index in [4.69, 9.17) is 0 Å². The Balaban J connectivity index is 2.27. The second-order valence-electron chi connectivity index (χ2n) is 4.60. The van der Waals surface area contributed by atoms with E-state index < -0.39 is 0 Å². The van der Waals surface area contributed by atoms with Crippen molar-refractivity contribution in [3.8, 4) is 0 Å². The first-order chi connectivity index (χ1) is 10.2. The first kappa shape index (κ1) is 16.9. The van der Waals surface area contributed by atoms with E-state index in [1.807, 2.05) is 13.0 Å². The number of hydrogen-bond acceptors (Lipinski definition) is 5. The van der Waals surface area contributed by atoms with Gasteiger partial charge in [0.05, 0.1) is 7.11 Å². The molecule has 0 saturated carbocycles. The van der Waals surface area contributed by atoms with Crippen molar-refractivity contribution in [1.82, 2.24) is 10.3 Å². The first-order valence-corrected chi connectivity index (χ1v) is 7.22. The summed E-state index contributed by atoms with van der Waals surface area (Å²) in [6.07, 6.45) is 4.82. The van der Waals surface area contributed by atoms with Crippen LogP contribution >= 0.6 is 0 Å². The predicted molar refractivity (Wildman–Crippen MR) is 81.2 cm³/mol. The van der Waals surface area contributed by atoms with Crippen LogP contribution in [0.15, 0.2) is 18.3 Å². The van der Waals surface area contributed by atoms with Gasteiger partial charge in [-0.1, -0.05) is 6.42 Å². The maximum Gasteiger partial charge on any atom is 0.305 e. The van der Waals surface area contributed by atoms with Crippen LogP contribution in [0.2, 0.25) is 0 Å². The van der Waals surface area contributed by atoms with E-state index in [2.05, 4.69) is 20.4 Å².